The van der Waals surface area contributed by atoms with Crippen LogP contribution in [0.25, 0.3) is 0 Å². The van der Waals surface area contributed by atoms with E-state index in [4.69, 9.17) is 0 Å². The van der Waals surface area contributed by atoms with Gasteiger partial charge in [-0.05, 0) is 43.3 Å². The van der Waals surface area contributed by atoms with Crippen LogP contribution in [0.1, 0.15) is 22.8 Å². The van der Waals surface area contributed by atoms with Crippen molar-refractivity contribution in [1.29, 1.82) is 0 Å². The van der Waals surface area contributed by atoms with Crippen molar-refractivity contribution >= 4 is 27.5 Å². The number of fused-ring (bicyclic) bond motifs is 1. The molecular formula is C17H17N3O3S. The molecule has 7 heteroatoms. The standard InChI is InChI=1S/C17H17N3O3S/c1-3-20(2)17(21)12-8-10-13(11-9-12)18-16-14-6-4-5-7-15(14)24(22,23)19-16/h4-11H,3H2,1-2H3,(H,18,19). The zero-order valence-electron chi connectivity index (χ0n) is 13.4. The lowest BCUT2D eigenvalue weighted by molar-refractivity contribution is 0.0802. The van der Waals surface area contributed by atoms with E-state index in [1.54, 1.807) is 54.4 Å². The molecule has 0 aliphatic carbocycles. The predicted molar refractivity (Wildman–Crippen MR) is 92.9 cm³/mol. The molecule has 124 valence electrons. The minimum atomic E-state index is -3.65. The number of amides is 1. The van der Waals surface area contributed by atoms with Gasteiger partial charge in [-0.15, -0.1) is 4.40 Å². The van der Waals surface area contributed by atoms with Gasteiger partial charge in [-0.1, -0.05) is 12.1 Å². The summed E-state index contributed by atoms with van der Waals surface area (Å²) in [6.45, 7) is 2.54. The summed E-state index contributed by atoms with van der Waals surface area (Å²) < 4.78 is 27.8. The van der Waals surface area contributed by atoms with E-state index in [2.05, 4.69) is 9.71 Å². The Balaban J connectivity index is 1.84. The highest BCUT2D eigenvalue weighted by Gasteiger charge is 2.28. The Bertz CT molecular complexity index is 918. The molecule has 1 aliphatic rings. The molecule has 1 N–H and O–H groups in total. The van der Waals surface area contributed by atoms with E-state index < -0.39 is 10.0 Å². The van der Waals surface area contributed by atoms with E-state index in [1.807, 2.05) is 6.92 Å². The summed E-state index contributed by atoms with van der Waals surface area (Å²) in [5, 5.41) is 3.01. The predicted octanol–water partition coefficient (Wildman–Crippen LogP) is 2.34. The molecule has 24 heavy (non-hydrogen) atoms. The molecule has 2 aromatic rings. The van der Waals surface area contributed by atoms with Crippen molar-refractivity contribution in [2.45, 2.75) is 11.8 Å². The Hall–Kier alpha value is -2.67. The number of sulfonamides is 1. The molecule has 0 atom stereocenters. The average Bonchev–Trinajstić information content (AvgIpc) is 2.85. The summed E-state index contributed by atoms with van der Waals surface area (Å²) in [6, 6.07) is 13.5. The number of hydrogen-bond acceptors (Lipinski definition) is 4. The van der Waals surface area contributed by atoms with Crippen LogP contribution in [0.4, 0.5) is 5.69 Å². The first-order valence-electron chi connectivity index (χ1n) is 7.49. The molecule has 0 fully saturated rings. The first kappa shape index (κ1) is 16.2. The number of rotatable bonds is 3. The van der Waals surface area contributed by atoms with E-state index in [9.17, 15) is 13.2 Å². The van der Waals surface area contributed by atoms with Gasteiger partial charge < -0.3 is 10.2 Å². The van der Waals surface area contributed by atoms with Crippen LogP contribution < -0.4 is 5.32 Å². The molecule has 2 aromatic carbocycles. The van der Waals surface area contributed by atoms with Gasteiger partial charge in [0.15, 0.2) is 5.84 Å². The second-order valence-corrected chi connectivity index (χ2v) is 7.01. The summed E-state index contributed by atoms with van der Waals surface area (Å²) in [5.74, 6) is 0.227. The number of amidine groups is 1. The van der Waals surface area contributed by atoms with Gasteiger partial charge in [0.25, 0.3) is 15.9 Å². The summed E-state index contributed by atoms with van der Waals surface area (Å²) in [4.78, 5) is 13.9. The largest absolute Gasteiger partial charge is 0.342 e. The number of anilines is 1. The molecule has 0 saturated heterocycles. The fourth-order valence-electron chi connectivity index (χ4n) is 2.39. The topological polar surface area (TPSA) is 78.8 Å². The third-order valence-electron chi connectivity index (χ3n) is 3.85. The second kappa shape index (κ2) is 6.09. The van der Waals surface area contributed by atoms with Gasteiger partial charge in [-0.3, -0.25) is 4.79 Å². The van der Waals surface area contributed by atoms with E-state index in [0.717, 1.165) is 0 Å². The van der Waals surface area contributed by atoms with Crippen LogP contribution in [0.3, 0.4) is 0 Å². The lowest BCUT2D eigenvalue weighted by Gasteiger charge is -2.14. The molecule has 3 rings (SSSR count). The molecule has 1 aliphatic heterocycles. The minimum absolute atomic E-state index is 0.0600. The summed E-state index contributed by atoms with van der Waals surface area (Å²) in [5.41, 5.74) is 1.78. The highest BCUT2D eigenvalue weighted by molar-refractivity contribution is 7.90. The minimum Gasteiger partial charge on any atom is -0.342 e. The highest BCUT2D eigenvalue weighted by atomic mass is 32.2. The van der Waals surface area contributed by atoms with Crippen molar-refractivity contribution < 1.29 is 13.2 Å². The Kier molecular flexibility index (Phi) is 4.11. The number of nitrogens with one attached hydrogen (secondary N) is 1. The number of hydrogen-bond donors (Lipinski definition) is 1. The van der Waals surface area contributed by atoms with Gasteiger partial charge >= 0.3 is 0 Å². The summed E-state index contributed by atoms with van der Waals surface area (Å²) in [7, 11) is -1.91. The number of nitrogens with zero attached hydrogens (tertiary/aromatic N) is 2. The zero-order valence-corrected chi connectivity index (χ0v) is 14.2. The van der Waals surface area contributed by atoms with Crippen molar-refractivity contribution in [3.63, 3.8) is 0 Å². The fourth-order valence-corrected chi connectivity index (χ4v) is 3.57. The van der Waals surface area contributed by atoms with Crippen molar-refractivity contribution in [3.05, 3.63) is 59.7 Å². The highest BCUT2D eigenvalue weighted by Crippen LogP contribution is 2.26. The fraction of sp³-hybridized carbons (Fsp3) is 0.176. The first-order chi connectivity index (χ1) is 11.4. The molecule has 6 nitrogen and oxygen atoms in total. The smallest absolute Gasteiger partial charge is 0.285 e. The average molecular weight is 343 g/mol. The number of carbonyl (C=O) groups is 1. The quantitative estimate of drug-likeness (QED) is 0.928. The van der Waals surface area contributed by atoms with Gasteiger partial charge in [0, 0.05) is 30.4 Å². The molecule has 0 saturated carbocycles. The van der Waals surface area contributed by atoms with Crippen molar-refractivity contribution in [3.8, 4) is 0 Å². The molecule has 0 radical (unpaired) electrons. The monoisotopic (exact) mass is 343 g/mol. The van der Waals surface area contributed by atoms with Gasteiger partial charge in [0.2, 0.25) is 0 Å². The lowest BCUT2D eigenvalue weighted by atomic mass is 10.1. The summed E-state index contributed by atoms with van der Waals surface area (Å²) in [6.07, 6.45) is 0. The molecule has 0 spiro atoms. The van der Waals surface area contributed by atoms with E-state index >= 15 is 0 Å². The molecular weight excluding hydrogens is 326 g/mol. The Morgan fingerprint density at radius 2 is 1.79 bits per heavy atom. The summed E-state index contributed by atoms with van der Waals surface area (Å²) >= 11 is 0. The maximum absolute atomic E-state index is 12.1. The SMILES string of the molecule is CCN(C)C(=O)c1ccc(NC2=NS(=O)(=O)c3ccccc32)cc1. The van der Waals surface area contributed by atoms with Crippen LogP contribution >= 0.6 is 0 Å². The van der Waals surface area contributed by atoms with Crippen LogP contribution in [0.5, 0.6) is 0 Å². The van der Waals surface area contributed by atoms with Crippen molar-refractivity contribution in [2.24, 2.45) is 4.40 Å². The maximum Gasteiger partial charge on any atom is 0.285 e. The lowest BCUT2D eigenvalue weighted by Crippen LogP contribution is -2.26. The normalized spacial score (nSPS) is 14.7. The molecule has 1 heterocycles. The Morgan fingerprint density at radius 3 is 2.46 bits per heavy atom. The van der Waals surface area contributed by atoms with E-state index in [-0.39, 0.29) is 16.6 Å². The zero-order chi connectivity index (χ0) is 17.3. The van der Waals surface area contributed by atoms with E-state index in [0.29, 0.717) is 23.4 Å². The van der Waals surface area contributed by atoms with Gasteiger partial charge in [-0.2, -0.15) is 8.42 Å². The molecule has 0 bridgehead atoms. The maximum atomic E-state index is 12.1. The van der Waals surface area contributed by atoms with Crippen LogP contribution in [-0.4, -0.2) is 38.7 Å². The van der Waals surface area contributed by atoms with Crippen molar-refractivity contribution in [2.75, 3.05) is 18.9 Å². The van der Waals surface area contributed by atoms with Crippen LogP contribution in [-0.2, 0) is 10.0 Å². The van der Waals surface area contributed by atoms with Gasteiger partial charge in [-0.25, -0.2) is 0 Å². The molecule has 0 unspecified atom stereocenters. The third-order valence-corrected chi connectivity index (χ3v) is 5.18. The van der Waals surface area contributed by atoms with Gasteiger partial charge in [0.05, 0.1) is 0 Å². The van der Waals surface area contributed by atoms with Crippen LogP contribution in [0.15, 0.2) is 57.8 Å². The van der Waals surface area contributed by atoms with Crippen molar-refractivity contribution in [1.82, 2.24) is 4.90 Å². The first-order valence-corrected chi connectivity index (χ1v) is 8.93. The molecule has 1 amide bonds. The number of benzene rings is 2. The number of carbonyl (C=O) groups excluding carboxylic acids is 1. The van der Waals surface area contributed by atoms with Gasteiger partial charge in [0.1, 0.15) is 4.90 Å². The molecule has 0 aromatic heterocycles. The van der Waals surface area contributed by atoms with Crippen LogP contribution in [0, 0.1) is 0 Å². The Morgan fingerprint density at radius 1 is 1.12 bits per heavy atom. The third kappa shape index (κ3) is 2.90. The second-order valence-electron chi connectivity index (χ2n) is 5.43. The van der Waals surface area contributed by atoms with E-state index in [1.165, 1.54) is 6.07 Å². The Labute approximate surface area is 140 Å². The van der Waals surface area contributed by atoms with Crippen LogP contribution in [0.2, 0.25) is 0 Å².